The van der Waals surface area contributed by atoms with Crippen molar-refractivity contribution in [2.75, 3.05) is 0 Å². The molecule has 0 spiro atoms. The van der Waals surface area contributed by atoms with Gasteiger partial charge >= 0.3 is 12.1 Å². The van der Waals surface area contributed by atoms with Crippen LogP contribution in [0.3, 0.4) is 0 Å². The van der Waals surface area contributed by atoms with Gasteiger partial charge in [-0.3, -0.25) is 4.79 Å². The molecule has 0 fully saturated rings. The first-order chi connectivity index (χ1) is 8.34. The van der Waals surface area contributed by atoms with E-state index in [9.17, 15) is 18.0 Å². The van der Waals surface area contributed by atoms with Crippen LogP contribution in [0, 0.1) is 23.2 Å². The third-order valence-corrected chi connectivity index (χ3v) is 1.92. The van der Waals surface area contributed by atoms with Crippen LogP contribution in [-0.4, -0.2) is 11.1 Å². The molecular weight excluding hydrogens is 247 g/mol. The molecule has 0 aliphatic heterocycles. The lowest BCUT2D eigenvalue weighted by atomic mass is 10.0. The van der Waals surface area contributed by atoms with Crippen LogP contribution in [0.25, 0.3) is 0 Å². The number of nitrogens with zero attached hydrogens (tertiary/aromatic N) is 1. The summed E-state index contributed by atoms with van der Waals surface area (Å²) in [6.07, 6.45) is -5.18. The molecule has 0 aliphatic rings. The van der Waals surface area contributed by atoms with Crippen molar-refractivity contribution in [2.45, 2.75) is 12.6 Å². The Kier molecular flexibility index (Phi) is 3.96. The number of benzene rings is 1. The van der Waals surface area contributed by atoms with Crippen LogP contribution >= 0.6 is 0 Å². The predicted octanol–water partition coefficient (Wildman–Crippen LogP) is 2.40. The molecule has 0 amide bonds. The highest BCUT2D eigenvalue weighted by atomic mass is 19.4. The molecule has 0 aliphatic carbocycles. The Balaban J connectivity index is 3.22. The summed E-state index contributed by atoms with van der Waals surface area (Å²) in [5.74, 6) is 3.04. The van der Waals surface area contributed by atoms with E-state index in [2.05, 4.69) is 11.8 Å². The second kappa shape index (κ2) is 5.24. The minimum absolute atomic E-state index is 0.133. The van der Waals surface area contributed by atoms with Crippen molar-refractivity contribution in [3.8, 4) is 17.9 Å². The highest BCUT2D eigenvalue weighted by Gasteiger charge is 2.33. The van der Waals surface area contributed by atoms with Crippen LogP contribution in [-0.2, 0) is 11.0 Å². The smallest absolute Gasteiger partial charge is 0.417 e. The maximum absolute atomic E-state index is 12.7. The molecule has 18 heavy (non-hydrogen) atoms. The van der Waals surface area contributed by atoms with Crippen LogP contribution in [0.1, 0.15) is 23.1 Å². The van der Waals surface area contributed by atoms with E-state index in [0.717, 1.165) is 6.07 Å². The van der Waals surface area contributed by atoms with Crippen molar-refractivity contribution in [1.82, 2.24) is 0 Å². The SMILES string of the molecule is N#Cc1ccc(C#CCC(=O)O)c(C(F)(F)F)c1. The fourth-order valence-electron chi connectivity index (χ4n) is 1.17. The second-order valence-electron chi connectivity index (χ2n) is 3.24. The minimum Gasteiger partial charge on any atom is -0.481 e. The van der Waals surface area contributed by atoms with E-state index in [1.165, 1.54) is 6.07 Å². The first kappa shape index (κ1) is 13.6. The molecule has 1 N–H and O–H groups in total. The Hall–Kier alpha value is -2.47. The number of carboxylic acid groups (broad SMARTS) is 1. The summed E-state index contributed by atoms with van der Waals surface area (Å²) in [6.45, 7) is 0. The molecule has 0 bridgehead atoms. The third-order valence-electron chi connectivity index (χ3n) is 1.92. The molecule has 0 heterocycles. The van der Waals surface area contributed by atoms with Gasteiger partial charge in [0.05, 0.1) is 17.2 Å². The van der Waals surface area contributed by atoms with Gasteiger partial charge in [-0.2, -0.15) is 18.4 Å². The van der Waals surface area contributed by atoms with Crippen molar-refractivity contribution in [3.63, 3.8) is 0 Å². The molecule has 1 aromatic rings. The number of hydrogen-bond donors (Lipinski definition) is 1. The molecule has 0 radical (unpaired) electrons. The van der Waals surface area contributed by atoms with E-state index in [4.69, 9.17) is 10.4 Å². The zero-order valence-corrected chi connectivity index (χ0v) is 8.88. The standard InChI is InChI=1S/C12H6F3NO2/c13-12(14,15)10-6-8(7-16)4-5-9(10)2-1-3-11(17)18/h4-6H,3H2,(H,17,18). The van der Waals surface area contributed by atoms with Gasteiger partial charge in [-0.25, -0.2) is 0 Å². The zero-order chi connectivity index (χ0) is 13.8. The molecule has 0 saturated carbocycles. The van der Waals surface area contributed by atoms with Crippen LogP contribution in [0.2, 0.25) is 0 Å². The van der Waals surface area contributed by atoms with Gasteiger partial charge in [-0.15, -0.1) is 0 Å². The van der Waals surface area contributed by atoms with Crippen molar-refractivity contribution < 1.29 is 23.1 Å². The molecule has 0 atom stereocenters. The average molecular weight is 253 g/mol. The normalized spacial score (nSPS) is 10.1. The molecule has 1 aromatic carbocycles. The first-order valence-electron chi connectivity index (χ1n) is 4.66. The first-order valence-corrected chi connectivity index (χ1v) is 4.66. The fraction of sp³-hybridized carbons (Fsp3) is 0.167. The summed E-state index contributed by atoms with van der Waals surface area (Å²) in [4.78, 5) is 10.2. The maximum atomic E-state index is 12.7. The van der Waals surface area contributed by atoms with Crippen molar-refractivity contribution in [2.24, 2.45) is 0 Å². The summed E-state index contributed by atoms with van der Waals surface area (Å²) in [6, 6.07) is 4.53. The zero-order valence-electron chi connectivity index (χ0n) is 8.88. The molecule has 0 aromatic heterocycles. The van der Waals surface area contributed by atoms with Gasteiger partial charge in [-0.05, 0) is 18.2 Å². The van der Waals surface area contributed by atoms with E-state index >= 15 is 0 Å². The largest absolute Gasteiger partial charge is 0.481 e. The molecular formula is C12H6F3NO2. The number of carboxylic acids is 1. The molecule has 3 nitrogen and oxygen atoms in total. The second-order valence-corrected chi connectivity index (χ2v) is 3.24. The van der Waals surface area contributed by atoms with Gasteiger partial charge < -0.3 is 5.11 Å². The number of alkyl halides is 3. The van der Waals surface area contributed by atoms with Gasteiger partial charge in [0.2, 0.25) is 0 Å². The van der Waals surface area contributed by atoms with Crippen LogP contribution in [0.4, 0.5) is 13.2 Å². The number of nitriles is 1. The van der Waals surface area contributed by atoms with E-state index in [1.807, 2.05) is 0 Å². The van der Waals surface area contributed by atoms with Gasteiger partial charge in [0.25, 0.3) is 0 Å². The molecule has 1 rings (SSSR count). The highest BCUT2D eigenvalue weighted by molar-refractivity contribution is 5.70. The number of halogens is 3. The van der Waals surface area contributed by atoms with Gasteiger partial charge in [-0.1, -0.05) is 11.8 Å². The molecule has 6 heteroatoms. The van der Waals surface area contributed by atoms with Crippen LogP contribution < -0.4 is 0 Å². The van der Waals surface area contributed by atoms with E-state index in [-0.39, 0.29) is 11.1 Å². The Morgan fingerprint density at radius 3 is 2.56 bits per heavy atom. The maximum Gasteiger partial charge on any atom is 0.417 e. The molecule has 92 valence electrons. The highest BCUT2D eigenvalue weighted by Crippen LogP contribution is 2.32. The quantitative estimate of drug-likeness (QED) is 0.782. The van der Waals surface area contributed by atoms with Crippen LogP contribution in [0.15, 0.2) is 18.2 Å². The molecule has 0 saturated heterocycles. The molecule has 0 unspecified atom stereocenters. The topological polar surface area (TPSA) is 61.1 Å². The summed E-state index contributed by atoms with van der Waals surface area (Å²) in [5, 5.41) is 16.9. The Labute approximate surface area is 100 Å². The number of carbonyl (C=O) groups is 1. The Bertz CT molecular complexity index is 574. The lowest BCUT2D eigenvalue weighted by molar-refractivity contribution is -0.138. The van der Waals surface area contributed by atoms with Crippen molar-refractivity contribution >= 4 is 5.97 Å². The summed E-state index contributed by atoms with van der Waals surface area (Å²) < 4.78 is 38.0. The fourth-order valence-corrected chi connectivity index (χ4v) is 1.17. The Morgan fingerprint density at radius 1 is 1.39 bits per heavy atom. The summed E-state index contributed by atoms with van der Waals surface area (Å²) in [5.41, 5.74) is -1.52. The minimum atomic E-state index is -4.64. The lowest BCUT2D eigenvalue weighted by Crippen LogP contribution is -2.08. The number of hydrogen-bond acceptors (Lipinski definition) is 2. The Morgan fingerprint density at radius 2 is 2.06 bits per heavy atom. The summed E-state index contributed by atoms with van der Waals surface area (Å²) >= 11 is 0. The third kappa shape index (κ3) is 3.53. The lowest BCUT2D eigenvalue weighted by Gasteiger charge is -2.09. The monoisotopic (exact) mass is 253 g/mol. The van der Waals surface area contributed by atoms with E-state index in [0.29, 0.717) is 6.07 Å². The van der Waals surface area contributed by atoms with E-state index < -0.39 is 24.1 Å². The van der Waals surface area contributed by atoms with Gasteiger partial charge in [0.15, 0.2) is 0 Å². The number of rotatable bonds is 1. The van der Waals surface area contributed by atoms with Gasteiger partial charge in [0, 0.05) is 5.56 Å². The van der Waals surface area contributed by atoms with Crippen LogP contribution in [0.5, 0.6) is 0 Å². The number of aliphatic carboxylic acids is 1. The average Bonchev–Trinajstić information content (AvgIpc) is 2.27. The van der Waals surface area contributed by atoms with E-state index in [1.54, 1.807) is 6.07 Å². The van der Waals surface area contributed by atoms with Crippen molar-refractivity contribution in [1.29, 1.82) is 5.26 Å². The predicted molar refractivity (Wildman–Crippen MR) is 55.3 cm³/mol. The van der Waals surface area contributed by atoms with Crippen molar-refractivity contribution in [3.05, 3.63) is 34.9 Å². The summed E-state index contributed by atoms with van der Waals surface area (Å²) in [7, 11) is 0. The van der Waals surface area contributed by atoms with Gasteiger partial charge in [0.1, 0.15) is 6.42 Å².